The second-order valence-electron chi connectivity index (χ2n) is 4.34. The van der Waals surface area contributed by atoms with Gasteiger partial charge in [-0.15, -0.1) is 11.6 Å². The molecule has 1 saturated heterocycles. The standard InChI is InChI=1S/C13H18ClNO/c1-11-3-2-4-12(7-11)9-15-5-6-16-10-13(15)8-14/h2-4,7,13H,5-6,8-10H2,1H3. The zero-order valence-electron chi connectivity index (χ0n) is 9.66. The number of halogens is 1. The van der Waals surface area contributed by atoms with Crippen LogP contribution in [0.15, 0.2) is 24.3 Å². The van der Waals surface area contributed by atoms with Crippen molar-refractivity contribution in [3.63, 3.8) is 0 Å². The lowest BCUT2D eigenvalue weighted by Gasteiger charge is -2.34. The fourth-order valence-corrected chi connectivity index (χ4v) is 2.37. The molecule has 1 fully saturated rings. The molecule has 0 aromatic heterocycles. The van der Waals surface area contributed by atoms with Gasteiger partial charge < -0.3 is 4.74 Å². The van der Waals surface area contributed by atoms with Crippen LogP contribution in [0.3, 0.4) is 0 Å². The zero-order valence-corrected chi connectivity index (χ0v) is 10.4. The van der Waals surface area contributed by atoms with Crippen LogP contribution in [0.1, 0.15) is 11.1 Å². The average molecular weight is 240 g/mol. The molecule has 1 unspecified atom stereocenters. The van der Waals surface area contributed by atoms with E-state index in [1.165, 1.54) is 11.1 Å². The molecule has 0 N–H and O–H groups in total. The number of hydrogen-bond donors (Lipinski definition) is 0. The Morgan fingerprint density at radius 1 is 1.50 bits per heavy atom. The molecule has 1 aromatic carbocycles. The van der Waals surface area contributed by atoms with E-state index >= 15 is 0 Å². The van der Waals surface area contributed by atoms with Crippen LogP contribution >= 0.6 is 11.6 Å². The molecule has 0 aliphatic carbocycles. The third-order valence-electron chi connectivity index (χ3n) is 3.00. The summed E-state index contributed by atoms with van der Waals surface area (Å²) in [5.41, 5.74) is 2.67. The molecule has 2 rings (SSSR count). The van der Waals surface area contributed by atoms with Crippen LogP contribution in [0.4, 0.5) is 0 Å². The summed E-state index contributed by atoms with van der Waals surface area (Å²) in [6.07, 6.45) is 0. The van der Waals surface area contributed by atoms with Crippen LogP contribution in [-0.2, 0) is 11.3 Å². The molecule has 16 heavy (non-hydrogen) atoms. The van der Waals surface area contributed by atoms with Crippen LogP contribution in [0.25, 0.3) is 0 Å². The van der Waals surface area contributed by atoms with Gasteiger partial charge in [-0.25, -0.2) is 0 Å². The summed E-state index contributed by atoms with van der Waals surface area (Å²) in [5, 5.41) is 0. The minimum atomic E-state index is 0.357. The lowest BCUT2D eigenvalue weighted by molar-refractivity contribution is -0.00304. The minimum absolute atomic E-state index is 0.357. The molecule has 1 aliphatic rings. The van der Waals surface area contributed by atoms with Crippen molar-refractivity contribution >= 4 is 11.6 Å². The Labute approximate surface area is 102 Å². The first kappa shape index (κ1) is 11.9. The molecule has 0 radical (unpaired) electrons. The van der Waals surface area contributed by atoms with Gasteiger partial charge in [0.2, 0.25) is 0 Å². The second kappa shape index (κ2) is 5.67. The molecule has 0 spiro atoms. The lowest BCUT2D eigenvalue weighted by atomic mass is 10.1. The van der Waals surface area contributed by atoms with Gasteiger partial charge in [-0.05, 0) is 12.5 Å². The fourth-order valence-electron chi connectivity index (χ4n) is 2.08. The van der Waals surface area contributed by atoms with Gasteiger partial charge in [0.1, 0.15) is 0 Å². The molecule has 88 valence electrons. The highest BCUT2D eigenvalue weighted by molar-refractivity contribution is 6.18. The molecule has 0 amide bonds. The molecule has 2 nitrogen and oxygen atoms in total. The van der Waals surface area contributed by atoms with Gasteiger partial charge in [-0.2, -0.15) is 0 Å². The maximum atomic E-state index is 5.95. The number of benzene rings is 1. The number of ether oxygens (including phenoxy) is 1. The molecule has 1 heterocycles. The van der Waals surface area contributed by atoms with Crippen LogP contribution in [0, 0.1) is 6.92 Å². The third kappa shape index (κ3) is 2.97. The van der Waals surface area contributed by atoms with Crippen LogP contribution in [0.2, 0.25) is 0 Å². The van der Waals surface area contributed by atoms with E-state index in [0.717, 1.165) is 26.3 Å². The summed E-state index contributed by atoms with van der Waals surface area (Å²) in [4.78, 5) is 2.41. The van der Waals surface area contributed by atoms with Crippen LogP contribution in [0.5, 0.6) is 0 Å². The molecule has 1 aliphatic heterocycles. The summed E-state index contributed by atoms with van der Waals surface area (Å²) >= 11 is 5.95. The molecule has 1 atom stereocenters. The first-order chi connectivity index (χ1) is 7.79. The predicted molar refractivity (Wildman–Crippen MR) is 66.9 cm³/mol. The van der Waals surface area contributed by atoms with Crippen LogP contribution in [-0.4, -0.2) is 36.6 Å². The molecule has 3 heteroatoms. The largest absolute Gasteiger partial charge is 0.378 e. The highest BCUT2D eigenvalue weighted by atomic mass is 35.5. The molecular formula is C13H18ClNO. The Kier molecular flexibility index (Phi) is 4.22. The molecule has 1 aromatic rings. The minimum Gasteiger partial charge on any atom is -0.378 e. The fraction of sp³-hybridized carbons (Fsp3) is 0.538. The summed E-state index contributed by atoms with van der Waals surface area (Å²) in [6, 6.07) is 9.01. The van der Waals surface area contributed by atoms with Crippen molar-refractivity contribution < 1.29 is 4.74 Å². The van der Waals surface area contributed by atoms with Crippen molar-refractivity contribution in [1.29, 1.82) is 0 Å². The smallest absolute Gasteiger partial charge is 0.0634 e. The number of rotatable bonds is 3. The summed E-state index contributed by atoms with van der Waals surface area (Å²) in [7, 11) is 0. The van der Waals surface area contributed by atoms with Crippen molar-refractivity contribution in [2.24, 2.45) is 0 Å². The topological polar surface area (TPSA) is 12.5 Å². The first-order valence-corrected chi connectivity index (χ1v) is 6.26. The predicted octanol–water partition coefficient (Wildman–Crippen LogP) is 2.43. The summed E-state index contributed by atoms with van der Waals surface area (Å²) in [5.74, 6) is 0.645. The molecule has 0 bridgehead atoms. The van der Waals surface area contributed by atoms with Gasteiger partial charge in [-0.1, -0.05) is 29.8 Å². The van der Waals surface area contributed by atoms with Gasteiger partial charge in [0.15, 0.2) is 0 Å². The summed E-state index contributed by atoms with van der Waals surface area (Å²) < 4.78 is 5.44. The second-order valence-corrected chi connectivity index (χ2v) is 4.65. The van der Waals surface area contributed by atoms with E-state index in [1.807, 2.05) is 0 Å². The highest BCUT2D eigenvalue weighted by Gasteiger charge is 2.21. The van der Waals surface area contributed by atoms with Crippen molar-refractivity contribution in [2.45, 2.75) is 19.5 Å². The van der Waals surface area contributed by atoms with Crippen molar-refractivity contribution in [3.05, 3.63) is 35.4 Å². The number of nitrogens with zero attached hydrogens (tertiary/aromatic N) is 1. The lowest BCUT2D eigenvalue weighted by Crippen LogP contribution is -2.45. The normalized spacial score (nSPS) is 22.2. The number of aryl methyl sites for hydroxylation is 1. The van der Waals surface area contributed by atoms with E-state index in [4.69, 9.17) is 16.3 Å². The Balaban J connectivity index is 2.02. The van der Waals surface area contributed by atoms with E-state index in [2.05, 4.69) is 36.1 Å². The number of alkyl halides is 1. The maximum Gasteiger partial charge on any atom is 0.0634 e. The van der Waals surface area contributed by atoms with E-state index in [0.29, 0.717) is 11.9 Å². The van der Waals surface area contributed by atoms with E-state index < -0.39 is 0 Å². The quantitative estimate of drug-likeness (QED) is 0.752. The van der Waals surface area contributed by atoms with Gasteiger partial charge in [-0.3, -0.25) is 4.90 Å². The van der Waals surface area contributed by atoms with Gasteiger partial charge in [0.25, 0.3) is 0 Å². The van der Waals surface area contributed by atoms with Crippen molar-refractivity contribution in [2.75, 3.05) is 25.6 Å². The highest BCUT2D eigenvalue weighted by Crippen LogP contribution is 2.14. The summed E-state index contributed by atoms with van der Waals surface area (Å²) in [6.45, 7) is 5.66. The average Bonchev–Trinajstić information content (AvgIpc) is 2.30. The molecule has 0 saturated carbocycles. The number of morpholine rings is 1. The van der Waals surface area contributed by atoms with Crippen molar-refractivity contribution in [3.8, 4) is 0 Å². The first-order valence-electron chi connectivity index (χ1n) is 5.73. The van der Waals surface area contributed by atoms with E-state index in [1.54, 1.807) is 0 Å². The van der Waals surface area contributed by atoms with E-state index in [-0.39, 0.29) is 0 Å². The Morgan fingerprint density at radius 2 is 2.38 bits per heavy atom. The molecular weight excluding hydrogens is 222 g/mol. The van der Waals surface area contributed by atoms with E-state index in [9.17, 15) is 0 Å². The SMILES string of the molecule is Cc1cccc(CN2CCOCC2CCl)c1. The maximum absolute atomic E-state index is 5.95. The number of hydrogen-bond acceptors (Lipinski definition) is 2. The zero-order chi connectivity index (χ0) is 11.4. The third-order valence-corrected chi connectivity index (χ3v) is 3.35. The monoisotopic (exact) mass is 239 g/mol. The Hall–Kier alpha value is -0.570. The van der Waals surface area contributed by atoms with Crippen LogP contribution < -0.4 is 0 Å². The van der Waals surface area contributed by atoms with Gasteiger partial charge >= 0.3 is 0 Å². The van der Waals surface area contributed by atoms with Gasteiger partial charge in [0, 0.05) is 25.0 Å². The van der Waals surface area contributed by atoms with Gasteiger partial charge in [0.05, 0.1) is 13.2 Å². The van der Waals surface area contributed by atoms with Crippen molar-refractivity contribution in [1.82, 2.24) is 4.90 Å². The Morgan fingerprint density at radius 3 is 3.12 bits per heavy atom. The Bertz CT molecular complexity index is 342.